The molecule has 42 heavy (non-hydrogen) atoms. The van der Waals surface area contributed by atoms with E-state index in [-0.39, 0.29) is 5.88 Å². The van der Waals surface area contributed by atoms with Crippen molar-refractivity contribution in [2.24, 2.45) is 4.99 Å². The van der Waals surface area contributed by atoms with Gasteiger partial charge in [0.05, 0.1) is 0 Å². The van der Waals surface area contributed by atoms with Gasteiger partial charge in [-0.25, -0.2) is 4.99 Å². The van der Waals surface area contributed by atoms with E-state index in [0.29, 0.717) is 23.0 Å². The van der Waals surface area contributed by atoms with Crippen LogP contribution in [0.5, 0.6) is 5.75 Å². The Morgan fingerprint density at radius 2 is 1.29 bits per heavy atom. The summed E-state index contributed by atoms with van der Waals surface area (Å²) >= 11 is 6.23. The van der Waals surface area contributed by atoms with Crippen LogP contribution in [-0.2, 0) is 6.61 Å². The van der Waals surface area contributed by atoms with Crippen LogP contribution >= 0.6 is 11.6 Å². The molecule has 6 rings (SSSR count). The predicted octanol–water partition coefficient (Wildman–Crippen LogP) is 10.1. The Kier molecular flexibility index (Phi) is 7.94. The number of hydrogen-bond donors (Lipinski definition) is 0. The summed E-state index contributed by atoms with van der Waals surface area (Å²) in [6, 6.07) is 45.7. The minimum Gasteiger partial charge on any atom is -0.489 e. The van der Waals surface area contributed by atoms with Gasteiger partial charge < -0.3 is 9.15 Å². The molecule has 0 aliphatic heterocycles. The highest BCUT2D eigenvalue weighted by molar-refractivity contribution is 6.31. The molecule has 5 aromatic carbocycles. The molecule has 0 bridgehead atoms. The van der Waals surface area contributed by atoms with Crippen LogP contribution in [0.3, 0.4) is 0 Å². The zero-order chi connectivity index (χ0) is 28.7. The first kappa shape index (κ1) is 26.8. The van der Waals surface area contributed by atoms with E-state index in [2.05, 4.69) is 35.3 Å². The Hall–Kier alpha value is -5.37. The number of furan rings is 1. The average molecular weight is 565 g/mol. The fourth-order valence-corrected chi connectivity index (χ4v) is 4.89. The fraction of sp³-hybridized carbons (Fsp3) is 0.0270. The van der Waals surface area contributed by atoms with Crippen LogP contribution in [-0.4, -0.2) is 6.21 Å². The summed E-state index contributed by atoms with van der Waals surface area (Å²) in [4.78, 5) is 4.61. The van der Waals surface area contributed by atoms with Crippen LogP contribution in [0.2, 0.25) is 5.02 Å². The van der Waals surface area contributed by atoms with Gasteiger partial charge >= 0.3 is 0 Å². The molecule has 0 N–H and O–H groups in total. The molecule has 0 spiro atoms. The van der Waals surface area contributed by atoms with Gasteiger partial charge in [-0.2, -0.15) is 5.26 Å². The van der Waals surface area contributed by atoms with Crippen LogP contribution in [0.15, 0.2) is 143 Å². The number of ether oxygens (including phenoxy) is 1. The quantitative estimate of drug-likeness (QED) is 0.173. The van der Waals surface area contributed by atoms with E-state index in [1.165, 1.54) is 0 Å². The monoisotopic (exact) mass is 564 g/mol. The zero-order valence-corrected chi connectivity index (χ0v) is 23.3. The molecule has 0 fully saturated rings. The Morgan fingerprint density at radius 3 is 1.95 bits per heavy atom. The van der Waals surface area contributed by atoms with Gasteiger partial charge in [-0.1, -0.05) is 115 Å². The first-order chi connectivity index (χ1) is 20.7. The third-order valence-electron chi connectivity index (χ3n) is 6.88. The van der Waals surface area contributed by atoms with Gasteiger partial charge in [-0.15, -0.1) is 0 Å². The highest BCUT2D eigenvalue weighted by atomic mass is 35.5. The molecule has 0 aliphatic rings. The summed E-state index contributed by atoms with van der Waals surface area (Å²) < 4.78 is 12.2. The van der Waals surface area contributed by atoms with Crippen LogP contribution in [0.4, 0.5) is 5.88 Å². The Labute approximate surface area is 249 Å². The zero-order valence-electron chi connectivity index (χ0n) is 22.6. The molecule has 0 radical (unpaired) electrons. The summed E-state index contributed by atoms with van der Waals surface area (Å²) in [5.41, 5.74) is 6.87. The van der Waals surface area contributed by atoms with E-state index in [9.17, 15) is 5.26 Å². The Bertz CT molecular complexity index is 1870. The Balaban J connectivity index is 1.29. The molecule has 0 atom stereocenters. The van der Waals surface area contributed by atoms with Gasteiger partial charge in [0.15, 0.2) is 0 Å². The molecule has 4 nitrogen and oxygen atoms in total. The molecule has 0 amide bonds. The maximum atomic E-state index is 10.2. The number of halogens is 1. The molecule has 0 unspecified atom stereocenters. The summed E-state index contributed by atoms with van der Waals surface area (Å²) in [7, 11) is 0. The fourth-order valence-electron chi connectivity index (χ4n) is 4.70. The van der Waals surface area contributed by atoms with Gasteiger partial charge in [-0.05, 0) is 52.6 Å². The van der Waals surface area contributed by atoms with Crippen molar-refractivity contribution in [2.75, 3.05) is 0 Å². The molecule has 1 aromatic heterocycles. The van der Waals surface area contributed by atoms with Crippen molar-refractivity contribution in [2.45, 2.75) is 6.61 Å². The SMILES string of the molecule is N#Cc1c(N=Cc2ccc(OCc3ccccc3Cl)cc2)oc(-c2ccc(-c3ccccc3)cc2)c1-c1ccccc1. The van der Waals surface area contributed by atoms with Crippen LogP contribution < -0.4 is 4.74 Å². The van der Waals surface area contributed by atoms with Crippen molar-refractivity contribution in [3.8, 4) is 45.4 Å². The van der Waals surface area contributed by atoms with Crippen LogP contribution in [0.1, 0.15) is 16.7 Å². The lowest BCUT2D eigenvalue weighted by atomic mass is 9.97. The van der Waals surface area contributed by atoms with Crippen molar-refractivity contribution >= 4 is 23.7 Å². The lowest BCUT2D eigenvalue weighted by molar-refractivity contribution is 0.306. The molecule has 0 aliphatic carbocycles. The number of rotatable bonds is 8. The van der Waals surface area contributed by atoms with Crippen molar-refractivity contribution < 1.29 is 9.15 Å². The second kappa shape index (κ2) is 12.4. The number of nitrogens with zero attached hydrogens (tertiary/aromatic N) is 2. The van der Waals surface area contributed by atoms with Gasteiger partial charge in [0.2, 0.25) is 5.88 Å². The summed E-state index contributed by atoms with van der Waals surface area (Å²) in [5, 5.41) is 10.9. The number of benzene rings is 5. The van der Waals surface area contributed by atoms with E-state index in [1.54, 1.807) is 6.21 Å². The molecular weight excluding hydrogens is 540 g/mol. The highest BCUT2D eigenvalue weighted by Crippen LogP contribution is 2.43. The van der Waals surface area contributed by atoms with Gasteiger partial charge in [0, 0.05) is 27.9 Å². The van der Waals surface area contributed by atoms with Crippen molar-refractivity contribution in [3.05, 3.63) is 155 Å². The van der Waals surface area contributed by atoms with E-state index >= 15 is 0 Å². The second-order valence-corrected chi connectivity index (χ2v) is 10.0. The highest BCUT2D eigenvalue weighted by Gasteiger charge is 2.22. The van der Waals surface area contributed by atoms with Gasteiger partial charge in [0.1, 0.15) is 29.7 Å². The van der Waals surface area contributed by atoms with E-state index in [1.807, 2.05) is 109 Å². The third-order valence-corrected chi connectivity index (χ3v) is 7.25. The van der Waals surface area contributed by atoms with E-state index in [4.69, 9.17) is 20.8 Å². The molecule has 6 aromatic rings. The van der Waals surface area contributed by atoms with E-state index < -0.39 is 0 Å². The maximum Gasteiger partial charge on any atom is 0.238 e. The standard InChI is InChI=1S/C37H25ClN2O2/c38-34-14-8-7-13-31(34)25-41-32-21-15-26(16-22-32)24-40-37-33(23-39)35(29-11-5-2-6-12-29)36(42-37)30-19-17-28(18-20-30)27-9-3-1-4-10-27/h1-22,24H,25H2. The van der Waals surface area contributed by atoms with Crippen molar-refractivity contribution in [1.29, 1.82) is 5.26 Å². The van der Waals surface area contributed by atoms with Gasteiger partial charge in [0.25, 0.3) is 0 Å². The molecule has 0 saturated carbocycles. The topological polar surface area (TPSA) is 58.5 Å². The van der Waals surface area contributed by atoms with Gasteiger partial charge in [-0.3, -0.25) is 0 Å². The minimum absolute atomic E-state index is 0.262. The number of aliphatic imine (C=N–C) groups is 1. The normalized spacial score (nSPS) is 11.0. The molecule has 5 heteroatoms. The number of hydrogen-bond acceptors (Lipinski definition) is 4. The van der Waals surface area contributed by atoms with Crippen LogP contribution in [0.25, 0.3) is 33.6 Å². The Morgan fingerprint density at radius 1 is 0.690 bits per heavy atom. The third kappa shape index (κ3) is 5.88. The molecular formula is C37H25ClN2O2. The summed E-state index contributed by atoms with van der Waals surface area (Å²) in [6.45, 7) is 0.377. The lowest BCUT2D eigenvalue weighted by Gasteiger charge is -2.07. The first-order valence-corrected chi connectivity index (χ1v) is 13.9. The summed E-state index contributed by atoms with van der Waals surface area (Å²) in [6.07, 6.45) is 1.69. The van der Waals surface area contributed by atoms with E-state index in [0.717, 1.165) is 44.7 Å². The maximum absolute atomic E-state index is 10.2. The van der Waals surface area contributed by atoms with Crippen molar-refractivity contribution in [3.63, 3.8) is 0 Å². The van der Waals surface area contributed by atoms with Crippen molar-refractivity contribution in [1.82, 2.24) is 0 Å². The predicted molar refractivity (Wildman–Crippen MR) is 169 cm³/mol. The van der Waals surface area contributed by atoms with Crippen LogP contribution in [0, 0.1) is 11.3 Å². The first-order valence-electron chi connectivity index (χ1n) is 13.5. The molecule has 202 valence electrons. The lowest BCUT2D eigenvalue weighted by Crippen LogP contribution is -1.96. The molecule has 0 saturated heterocycles. The smallest absolute Gasteiger partial charge is 0.238 e. The second-order valence-electron chi connectivity index (χ2n) is 9.61. The largest absolute Gasteiger partial charge is 0.489 e. The molecule has 1 heterocycles. The average Bonchev–Trinajstić information content (AvgIpc) is 3.43. The minimum atomic E-state index is 0.262. The summed E-state index contributed by atoms with van der Waals surface area (Å²) in [5.74, 6) is 1.58. The number of nitriles is 1.